The molecule has 0 bridgehead atoms. The van der Waals surface area contributed by atoms with Gasteiger partial charge in [0.05, 0.1) is 0 Å². The summed E-state index contributed by atoms with van der Waals surface area (Å²) in [6, 6.07) is 5.05. The quantitative estimate of drug-likeness (QED) is 0.501. The predicted octanol–water partition coefficient (Wildman–Crippen LogP) is 4.51. The highest BCUT2D eigenvalue weighted by Gasteiger charge is 2.30. The van der Waals surface area contributed by atoms with Crippen molar-refractivity contribution in [3.8, 4) is 0 Å². The first-order valence-electron chi connectivity index (χ1n) is 6.70. The molecule has 0 aliphatic rings. The first-order valence-corrected chi connectivity index (χ1v) is 6.70. The van der Waals surface area contributed by atoms with E-state index < -0.39 is 40.6 Å². The fourth-order valence-corrected chi connectivity index (χ4v) is 2.18. The molecule has 1 amide bonds. The Kier molecular flexibility index (Phi) is 4.68. The van der Waals surface area contributed by atoms with Gasteiger partial charge in [0.1, 0.15) is 5.56 Å². The Morgan fingerprint density at radius 3 is 2.00 bits per heavy atom. The molecule has 0 radical (unpaired) electrons. The van der Waals surface area contributed by atoms with Gasteiger partial charge in [-0.05, 0) is 24.5 Å². The van der Waals surface area contributed by atoms with Crippen LogP contribution in [0.3, 0.4) is 0 Å². The summed E-state index contributed by atoms with van der Waals surface area (Å²) < 4.78 is 66.7. The minimum absolute atomic E-state index is 0.281. The lowest BCUT2D eigenvalue weighted by Gasteiger charge is -2.14. The lowest BCUT2D eigenvalue weighted by molar-refractivity contribution is 0.101. The van der Waals surface area contributed by atoms with Crippen molar-refractivity contribution in [1.29, 1.82) is 0 Å². The fourth-order valence-electron chi connectivity index (χ4n) is 2.18. The third-order valence-corrected chi connectivity index (χ3v) is 3.42. The van der Waals surface area contributed by atoms with Gasteiger partial charge < -0.3 is 5.32 Å². The summed E-state index contributed by atoms with van der Waals surface area (Å²) in [6.07, 6.45) is 0.508. The number of para-hydroxylation sites is 1. The van der Waals surface area contributed by atoms with E-state index in [1.54, 1.807) is 32.0 Å². The van der Waals surface area contributed by atoms with Crippen LogP contribution in [0, 0.1) is 36.0 Å². The van der Waals surface area contributed by atoms with Crippen LogP contribution in [-0.4, -0.2) is 5.91 Å². The maximum Gasteiger partial charge on any atom is 0.261 e. The molecule has 1 N–H and O–H groups in total. The molecule has 23 heavy (non-hydrogen) atoms. The number of carbonyl (C=O) groups excluding carboxylic acids is 1. The Bertz CT molecular complexity index is 760. The van der Waals surface area contributed by atoms with Crippen molar-refractivity contribution in [2.45, 2.75) is 20.3 Å². The van der Waals surface area contributed by atoms with Crippen molar-refractivity contribution in [3.63, 3.8) is 0 Å². The molecule has 2 rings (SSSR count). The zero-order valence-electron chi connectivity index (χ0n) is 12.2. The average molecular weight is 329 g/mol. The summed E-state index contributed by atoms with van der Waals surface area (Å²) in [5, 5.41) is 2.23. The molecule has 0 atom stereocenters. The fraction of sp³-hybridized carbons (Fsp3) is 0.188. The molecule has 0 aromatic heterocycles. The summed E-state index contributed by atoms with van der Waals surface area (Å²) in [5.74, 6) is -12.3. The monoisotopic (exact) mass is 329 g/mol. The van der Waals surface area contributed by atoms with Gasteiger partial charge in [0.2, 0.25) is 5.82 Å². The predicted molar refractivity (Wildman–Crippen MR) is 74.7 cm³/mol. The summed E-state index contributed by atoms with van der Waals surface area (Å²) in [7, 11) is 0. The first-order chi connectivity index (χ1) is 10.8. The Morgan fingerprint density at radius 1 is 0.957 bits per heavy atom. The van der Waals surface area contributed by atoms with Gasteiger partial charge in [0.25, 0.3) is 5.91 Å². The van der Waals surface area contributed by atoms with Crippen LogP contribution >= 0.6 is 0 Å². The molecular weight excluding hydrogens is 317 g/mol. The van der Waals surface area contributed by atoms with E-state index in [2.05, 4.69) is 5.32 Å². The van der Waals surface area contributed by atoms with Crippen LogP contribution < -0.4 is 5.32 Å². The third-order valence-electron chi connectivity index (χ3n) is 3.42. The Balaban J connectivity index is 2.52. The smallest absolute Gasteiger partial charge is 0.261 e. The van der Waals surface area contributed by atoms with E-state index in [0.717, 1.165) is 0 Å². The van der Waals surface area contributed by atoms with Gasteiger partial charge >= 0.3 is 0 Å². The highest BCUT2D eigenvalue weighted by atomic mass is 19.2. The van der Waals surface area contributed by atoms with Crippen molar-refractivity contribution < 1.29 is 26.7 Å². The van der Waals surface area contributed by atoms with Gasteiger partial charge in [-0.25, -0.2) is 22.0 Å². The van der Waals surface area contributed by atoms with E-state index in [4.69, 9.17) is 0 Å². The van der Waals surface area contributed by atoms with Crippen LogP contribution in [0.2, 0.25) is 0 Å². The zero-order chi connectivity index (χ0) is 17.3. The summed E-state index contributed by atoms with van der Waals surface area (Å²) >= 11 is 0. The number of aryl methyl sites for hydroxylation is 2. The molecule has 0 unspecified atom stereocenters. The molecule has 7 heteroatoms. The normalized spacial score (nSPS) is 10.7. The number of carbonyl (C=O) groups is 1. The Labute approximate surface area is 128 Å². The molecule has 0 saturated carbocycles. The zero-order valence-corrected chi connectivity index (χ0v) is 12.2. The van der Waals surface area contributed by atoms with E-state index in [0.29, 0.717) is 17.5 Å². The van der Waals surface area contributed by atoms with Crippen molar-refractivity contribution in [3.05, 3.63) is 64.0 Å². The molecule has 0 heterocycles. The summed E-state index contributed by atoms with van der Waals surface area (Å²) in [4.78, 5) is 12.0. The second kappa shape index (κ2) is 6.36. The molecule has 0 aliphatic heterocycles. The minimum atomic E-state index is -2.30. The number of nitrogens with one attached hydrogen (secondary N) is 1. The second-order valence-electron chi connectivity index (χ2n) is 4.86. The van der Waals surface area contributed by atoms with E-state index in [1.165, 1.54) is 0 Å². The summed E-state index contributed by atoms with van der Waals surface area (Å²) in [5.41, 5.74) is 0.0411. The van der Waals surface area contributed by atoms with Crippen LogP contribution in [0.25, 0.3) is 0 Å². The SMILES string of the molecule is CCc1cccc(C)c1NC(=O)c1c(F)c(F)c(F)c(F)c1F. The van der Waals surface area contributed by atoms with Gasteiger partial charge in [-0.2, -0.15) is 0 Å². The van der Waals surface area contributed by atoms with E-state index in [-0.39, 0.29) is 5.69 Å². The lowest BCUT2D eigenvalue weighted by atomic mass is 10.0. The van der Waals surface area contributed by atoms with Crippen molar-refractivity contribution in [1.82, 2.24) is 0 Å². The Morgan fingerprint density at radius 2 is 1.48 bits per heavy atom. The third kappa shape index (κ3) is 2.91. The van der Waals surface area contributed by atoms with Gasteiger partial charge in [0, 0.05) is 5.69 Å². The van der Waals surface area contributed by atoms with Crippen molar-refractivity contribution >= 4 is 11.6 Å². The van der Waals surface area contributed by atoms with Crippen LogP contribution in [0.1, 0.15) is 28.4 Å². The van der Waals surface area contributed by atoms with E-state index in [9.17, 15) is 26.7 Å². The summed E-state index contributed by atoms with van der Waals surface area (Å²) in [6.45, 7) is 3.44. The number of anilines is 1. The van der Waals surface area contributed by atoms with Gasteiger partial charge in [0.15, 0.2) is 23.3 Å². The van der Waals surface area contributed by atoms with Crippen LogP contribution in [-0.2, 0) is 6.42 Å². The molecule has 0 aliphatic carbocycles. The van der Waals surface area contributed by atoms with Crippen molar-refractivity contribution in [2.75, 3.05) is 5.32 Å². The molecule has 0 fully saturated rings. The van der Waals surface area contributed by atoms with Crippen LogP contribution in [0.5, 0.6) is 0 Å². The minimum Gasteiger partial charge on any atom is -0.321 e. The van der Waals surface area contributed by atoms with Gasteiger partial charge in [-0.1, -0.05) is 25.1 Å². The number of rotatable bonds is 3. The highest BCUT2D eigenvalue weighted by Crippen LogP contribution is 2.26. The van der Waals surface area contributed by atoms with Crippen LogP contribution in [0.15, 0.2) is 18.2 Å². The molecule has 2 aromatic carbocycles. The number of benzene rings is 2. The number of hydrogen-bond acceptors (Lipinski definition) is 1. The van der Waals surface area contributed by atoms with Crippen molar-refractivity contribution in [2.24, 2.45) is 0 Å². The molecule has 0 spiro atoms. The largest absolute Gasteiger partial charge is 0.321 e. The highest BCUT2D eigenvalue weighted by molar-refractivity contribution is 6.05. The maximum atomic E-state index is 13.7. The van der Waals surface area contributed by atoms with E-state index in [1.807, 2.05) is 0 Å². The molecule has 122 valence electrons. The average Bonchev–Trinajstić information content (AvgIpc) is 2.53. The maximum absolute atomic E-state index is 13.7. The number of halogens is 5. The van der Waals surface area contributed by atoms with E-state index >= 15 is 0 Å². The Hall–Kier alpha value is -2.44. The number of hydrogen-bond donors (Lipinski definition) is 1. The molecular formula is C16H12F5NO. The van der Waals surface area contributed by atoms with Gasteiger partial charge in [-0.3, -0.25) is 4.79 Å². The second-order valence-corrected chi connectivity index (χ2v) is 4.86. The van der Waals surface area contributed by atoms with Crippen LogP contribution in [0.4, 0.5) is 27.6 Å². The topological polar surface area (TPSA) is 29.1 Å². The number of amides is 1. The molecule has 2 aromatic rings. The first kappa shape index (κ1) is 16.9. The lowest BCUT2D eigenvalue weighted by Crippen LogP contribution is -2.20. The molecule has 0 saturated heterocycles. The van der Waals surface area contributed by atoms with Gasteiger partial charge in [-0.15, -0.1) is 0 Å². The molecule has 2 nitrogen and oxygen atoms in total. The standard InChI is InChI=1S/C16H12F5NO/c1-3-8-6-4-5-7(2)15(8)22-16(23)9-10(17)12(19)14(21)13(20)11(9)18/h4-6H,3H2,1-2H3,(H,22,23).